The number of hydrogen-bond acceptors (Lipinski definition) is 2. The Bertz CT molecular complexity index is 361. The van der Waals surface area contributed by atoms with Gasteiger partial charge < -0.3 is 10.5 Å². The average Bonchev–Trinajstić information content (AvgIpc) is 3.04. The maximum Gasteiger partial charge on any atom is 0.124 e. The van der Waals surface area contributed by atoms with Gasteiger partial charge in [0.15, 0.2) is 0 Å². The van der Waals surface area contributed by atoms with Crippen LogP contribution in [0.3, 0.4) is 0 Å². The molecule has 3 heteroatoms. The first-order valence-electron chi connectivity index (χ1n) is 5.84. The summed E-state index contributed by atoms with van der Waals surface area (Å²) in [5, 5.41) is 0. The summed E-state index contributed by atoms with van der Waals surface area (Å²) in [7, 11) is 0. The molecule has 1 unspecified atom stereocenters. The van der Waals surface area contributed by atoms with Crippen molar-refractivity contribution in [2.24, 2.45) is 11.7 Å². The van der Waals surface area contributed by atoms with Gasteiger partial charge in [0.05, 0.1) is 6.61 Å². The zero-order valence-electron chi connectivity index (χ0n) is 9.58. The summed E-state index contributed by atoms with van der Waals surface area (Å²) < 4.78 is 18.7. The van der Waals surface area contributed by atoms with Crippen LogP contribution in [0.5, 0.6) is 5.75 Å². The average molecular weight is 223 g/mol. The van der Waals surface area contributed by atoms with Gasteiger partial charge in [-0.05, 0) is 37.5 Å². The van der Waals surface area contributed by atoms with Gasteiger partial charge in [-0.2, -0.15) is 0 Å². The van der Waals surface area contributed by atoms with Crippen LogP contribution in [-0.2, 0) is 0 Å². The van der Waals surface area contributed by atoms with E-state index >= 15 is 0 Å². The molecule has 1 aromatic rings. The highest BCUT2D eigenvalue weighted by Gasteiger charge is 2.21. The van der Waals surface area contributed by atoms with Crippen LogP contribution in [0, 0.1) is 11.7 Å². The van der Waals surface area contributed by atoms with Crippen LogP contribution in [0.4, 0.5) is 4.39 Å². The second-order valence-corrected chi connectivity index (χ2v) is 4.55. The molecule has 1 aromatic carbocycles. The fourth-order valence-corrected chi connectivity index (χ4v) is 1.75. The van der Waals surface area contributed by atoms with Crippen LogP contribution in [0.15, 0.2) is 18.2 Å². The molecule has 16 heavy (non-hydrogen) atoms. The van der Waals surface area contributed by atoms with E-state index in [0.29, 0.717) is 6.61 Å². The van der Waals surface area contributed by atoms with Crippen molar-refractivity contribution in [1.29, 1.82) is 0 Å². The minimum Gasteiger partial charge on any atom is -0.493 e. The SMILES string of the molecule is CC(N)c1cc(F)ccc1OCCC1CC1. The Morgan fingerprint density at radius 1 is 1.50 bits per heavy atom. The van der Waals surface area contributed by atoms with Gasteiger partial charge in [-0.15, -0.1) is 0 Å². The van der Waals surface area contributed by atoms with Crippen LogP contribution in [-0.4, -0.2) is 6.61 Å². The molecular weight excluding hydrogens is 205 g/mol. The molecule has 1 aliphatic rings. The van der Waals surface area contributed by atoms with E-state index in [1.807, 2.05) is 6.92 Å². The number of ether oxygens (including phenoxy) is 1. The van der Waals surface area contributed by atoms with Gasteiger partial charge in [0, 0.05) is 11.6 Å². The largest absolute Gasteiger partial charge is 0.493 e. The van der Waals surface area contributed by atoms with Crippen LogP contribution in [0.1, 0.15) is 37.8 Å². The van der Waals surface area contributed by atoms with Gasteiger partial charge >= 0.3 is 0 Å². The van der Waals surface area contributed by atoms with Gasteiger partial charge in [-0.3, -0.25) is 0 Å². The molecule has 2 N–H and O–H groups in total. The fourth-order valence-electron chi connectivity index (χ4n) is 1.75. The predicted octanol–water partition coefficient (Wildman–Crippen LogP) is 3.02. The molecule has 0 spiro atoms. The lowest BCUT2D eigenvalue weighted by atomic mass is 10.1. The lowest BCUT2D eigenvalue weighted by molar-refractivity contribution is 0.297. The minimum absolute atomic E-state index is 0.202. The lowest BCUT2D eigenvalue weighted by Gasteiger charge is -2.13. The number of halogens is 1. The highest BCUT2D eigenvalue weighted by atomic mass is 19.1. The van der Waals surface area contributed by atoms with Crippen molar-refractivity contribution in [2.75, 3.05) is 6.61 Å². The first kappa shape index (κ1) is 11.4. The van der Waals surface area contributed by atoms with Gasteiger partial charge in [-0.25, -0.2) is 4.39 Å². The van der Waals surface area contributed by atoms with E-state index in [0.717, 1.165) is 23.7 Å². The maximum atomic E-state index is 13.1. The molecule has 1 aliphatic carbocycles. The van der Waals surface area contributed by atoms with E-state index in [-0.39, 0.29) is 11.9 Å². The molecule has 0 aromatic heterocycles. The Morgan fingerprint density at radius 3 is 2.88 bits per heavy atom. The third-order valence-corrected chi connectivity index (χ3v) is 2.94. The summed E-state index contributed by atoms with van der Waals surface area (Å²) in [6.45, 7) is 2.54. The number of rotatable bonds is 5. The normalized spacial score (nSPS) is 17.2. The first-order chi connectivity index (χ1) is 7.66. The lowest BCUT2D eigenvalue weighted by Crippen LogP contribution is -2.09. The Hall–Kier alpha value is -1.09. The fraction of sp³-hybridized carbons (Fsp3) is 0.538. The van der Waals surface area contributed by atoms with E-state index in [4.69, 9.17) is 10.5 Å². The quantitative estimate of drug-likeness (QED) is 0.832. The van der Waals surface area contributed by atoms with Crippen molar-refractivity contribution >= 4 is 0 Å². The van der Waals surface area contributed by atoms with E-state index in [1.54, 1.807) is 6.07 Å². The monoisotopic (exact) mass is 223 g/mol. The number of nitrogens with two attached hydrogens (primary N) is 1. The molecule has 0 bridgehead atoms. The van der Waals surface area contributed by atoms with Crippen molar-refractivity contribution < 1.29 is 9.13 Å². The van der Waals surface area contributed by atoms with Crippen LogP contribution in [0.25, 0.3) is 0 Å². The van der Waals surface area contributed by atoms with Crippen LogP contribution >= 0.6 is 0 Å². The van der Waals surface area contributed by atoms with Crippen LogP contribution < -0.4 is 10.5 Å². The standard InChI is InChI=1S/C13H18FNO/c1-9(15)12-8-11(14)4-5-13(12)16-7-6-10-2-3-10/h4-5,8-10H,2-3,6-7,15H2,1H3. The molecule has 0 aliphatic heterocycles. The van der Waals surface area contributed by atoms with Crippen LogP contribution in [0.2, 0.25) is 0 Å². The zero-order chi connectivity index (χ0) is 11.5. The van der Waals surface area contributed by atoms with Crippen molar-refractivity contribution in [3.63, 3.8) is 0 Å². The minimum atomic E-state index is -0.262. The third-order valence-electron chi connectivity index (χ3n) is 2.94. The maximum absolute atomic E-state index is 13.1. The van der Waals surface area contributed by atoms with E-state index < -0.39 is 0 Å². The van der Waals surface area contributed by atoms with Gasteiger partial charge in [0.25, 0.3) is 0 Å². The Balaban J connectivity index is 1.99. The molecule has 1 fully saturated rings. The van der Waals surface area contributed by atoms with Crippen molar-refractivity contribution in [3.8, 4) is 5.75 Å². The number of benzene rings is 1. The Kier molecular flexibility index (Phi) is 3.44. The molecule has 0 amide bonds. The Labute approximate surface area is 95.6 Å². The summed E-state index contributed by atoms with van der Waals surface area (Å²) in [5.74, 6) is 1.30. The van der Waals surface area contributed by atoms with Crippen molar-refractivity contribution in [3.05, 3.63) is 29.6 Å². The summed E-state index contributed by atoms with van der Waals surface area (Å²) in [5.41, 5.74) is 6.53. The molecule has 2 rings (SSSR count). The van der Waals surface area contributed by atoms with Crippen molar-refractivity contribution in [1.82, 2.24) is 0 Å². The molecule has 88 valence electrons. The Morgan fingerprint density at radius 2 is 2.25 bits per heavy atom. The predicted molar refractivity (Wildman–Crippen MR) is 61.8 cm³/mol. The number of hydrogen-bond donors (Lipinski definition) is 1. The van der Waals surface area contributed by atoms with Gasteiger partial charge in [-0.1, -0.05) is 12.8 Å². The molecule has 0 saturated heterocycles. The molecule has 1 atom stereocenters. The van der Waals surface area contributed by atoms with E-state index in [2.05, 4.69) is 0 Å². The molecule has 0 radical (unpaired) electrons. The highest BCUT2D eigenvalue weighted by molar-refractivity contribution is 5.36. The third kappa shape index (κ3) is 2.95. The van der Waals surface area contributed by atoms with E-state index in [1.165, 1.54) is 25.0 Å². The van der Waals surface area contributed by atoms with E-state index in [9.17, 15) is 4.39 Å². The second kappa shape index (κ2) is 4.83. The van der Waals surface area contributed by atoms with Crippen molar-refractivity contribution in [2.45, 2.75) is 32.2 Å². The second-order valence-electron chi connectivity index (χ2n) is 4.55. The van der Waals surface area contributed by atoms with Gasteiger partial charge in [0.1, 0.15) is 11.6 Å². The summed E-state index contributed by atoms with van der Waals surface area (Å²) in [6, 6.07) is 4.34. The molecular formula is C13H18FNO. The smallest absolute Gasteiger partial charge is 0.124 e. The topological polar surface area (TPSA) is 35.2 Å². The molecule has 0 heterocycles. The summed E-state index contributed by atoms with van der Waals surface area (Å²) in [6.07, 6.45) is 3.75. The summed E-state index contributed by atoms with van der Waals surface area (Å²) in [4.78, 5) is 0. The molecule has 2 nitrogen and oxygen atoms in total. The zero-order valence-corrected chi connectivity index (χ0v) is 9.58. The highest BCUT2D eigenvalue weighted by Crippen LogP contribution is 2.33. The molecule has 1 saturated carbocycles. The first-order valence-corrected chi connectivity index (χ1v) is 5.84. The summed E-state index contributed by atoms with van der Waals surface area (Å²) >= 11 is 0. The van der Waals surface area contributed by atoms with Gasteiger partial charge in [0.2, 0.25) is 0 Å².